The van der Waals surface area contributed by atoms with Crippen LogP contribution in [0, 0.1) is 5.92 Å². The number of hydrogen-bond donors (Lipinski definition) is 1. The van der Waals surface area contributed by atoms with Gasteiger partial charge in [0.2, 0.25) is 5.89 Å². The van der Waals surface area contributed by atoms with E-state index in [0.29, 0.717) is 12.0 Å². The fourth-order valence-corrected chi connectivity index (χ4v) is 2.05. The summed E-state index contributed by atoms with van der Waals surface area (Å²) in [5.74, 6) is 2.08. The molecular weight excluding hydrogens is 218 g/mol. The molecule has 0 aromatic carbocycles. The quantitative estimate of drug-likeness (QED) is 0.836. The lowest BCUT2D eigenvalue weighted by molar-refractivity contribution is 0.0520. The molecule has 1 aromatic rings. The number of ether oxygens (including phenoxy) is 1. The van der Waals surface area contributed by atoms with Crippen LogP contribution in [-0.4, -0.2) is 36.4 Å². The fourth-order valence-electron chi connectivity index (χ4n) is 2.05. The third kappa shape index (κ3) is 3.78. The fraction of sp³-hybridized carbons (Fsp3) is 0.833. The zero-order valence-electron chi connectivity index (χ0n) is 10.6. The summed E-state index contributed by atoms with van der Waals surface area (Å²) in [5, 5.41) is 7.17. The van der Waals surface area contributed by atoms with Gasteiger partial charge in [0.25, 0.3) is 0 Å². The molecule has 0 aliphatic carbocycles. The Kier molecular flexibility index (Phi) is 4.50. The van der Waals surface area contributed by atoms with Gasteiger partial charge in [-0.15, -0.1) is 0 Å². The first-order valence-electron chi connectivity index (χ1n) is 6.34. The summed E-state index contributed by atoms with van der Waals surface area (Å²) in [6.45, 7) is 3.82. The summed E-state index contributed by atoms with van der Waals surface area (Å²) in [5.41, 5.74) is 0. The van der Waals surface area contributed by atoms with Crippen molar-refractivity contribution in [2.24, 2.45) is 5.92 Å². The second kappa shape index (κ2) is 6.12. The van der Waals surface area contributed by atoms with Crippen LogP contribution in [0.5, 0.6) is 0 Å². The molecule has 1 aromatic heterocycles. The predicted octanol–water partition coefficient (Wildman–Crippen LogP) is 1.19. The molecule has 2 unspecified atom stereocenters. The van der Waals surface area contributed by atoms with E-state index in [9.17, 15) is 0 Å². The molecule has 1 aliphatic rings. The molecule has 1 saturated heterocycles. The van der Waals surface area contributed by atoms with Gasteiger partial charge in [0, 0.05) is 32.1 Å². The smallest absolute Gasteiger partial charge is 0.227 e. The van der Waals surface area contributed by atoms with Gasteiger partial charge in [0.05, 0.1) is 0 Å². The molecule has 0 amide bonds. The van der Waals surface area contributed by atoms with Gasteiger partial charge in [0.15, 0.2) is 5.82 Å². The maximum absolute atomic E-state index is 5.44. The minimum Gasteiger partial charge on any atom is -0.381 e. The summed E-state index contributed by atoms with van der Waals surface area (Å²) in [7, 11) is 1.94. The summed E-state index contributed by atoms with van der Waals surface area (Å²) >= 11 is 0. The van der Waals surface area contributed by atoms with Gasteiger partial charge in [-0.3, -0.25) is 0 Å². The molecule has 0 saturated carbocycles. The van der Waals surface area contributed by atoms with Crippen LogP contribution in [0.3, 0.4) is 0 Å². The molecule has 5 nitrogen and oxygen atoms in total. The van der Waals surface area contributed by atoms with Crippen LogP contribution >= 0.6 is 0 Å². The maximum Gasteiger partial charge on any atom is 0.227 e. The van der Waals surface area contributed by atoms with Gasteiger partial charge in [-0.2, -0.15) is 4.98 Å². The van der Waals surface area contributed by atoms with Crippen molar-refractivity contribution >= 4 is 0 Å². The zero-order chi connectivity index (χ0) is 12.1. The highest BCUT2D eigenvalue weighted by atomic mass is 16.5. The third-order valence-corrected chi connectivity index (χ3v) is 3.21. The number of nitrogens with zero attached hydrogens (tertiary/aromatic N) is 2. The molecule has 0 radical (unpaired) electrons. The Labute approximate surface area is 102 Å². The van der Waals surface area contributed by atoms with Gasteiger partial charge < -0.3 is 14.6 Å². The van der Waals surface area contributed by atoms with Crippen LogP contribution in [0.15, 0.2) is 4.52 Å². The lowest BCUT2D eigenvalue weighted by atomic mass is 9.99. The van der Waals surface area contributed by atoms with Crippen molar-refractivity contribution in [3.05, 3.63) is 11.7 Å². The predicted molar refractivity (Wildman–Crippen MR) is 63.8 cm³/mol. The molecule has 1 aliphatic heterocycles. The van der Waals surface area contributed by atoms with Crippen molar-refractivity contribution in [1.82, 2.24) is 15.5 Å². The summed E-state index contributed by atoms with van der Waals surface area (Å²) < 4.78 is 10.7. The van der Waals surface area contributed by atoms with Crippen molar-refractivity contribution in [3.63, 3.8) is 0 Å². The highest BCUT2D eigenvalue weighted by Gasteiger charge is 2.18. The molecule has 1 fully saturated rings. The first-order chi connectivity index (χ1) is 8.28. The molecule has 17 heavy (non-hydrogen) atoms. The van der Waals surface area contributed by atoms with Crippen LogP contribution in [0.25, 0.3) is 0 Å². The number of nitrogens with one attached hydrogen (secondary N) is 1. The lowest BCUT2D eigenvalue weighted by Gasteiger charge is -2.20. The first kappa shape index (κ1) is 12.5. The number of hydrogen-bond acceptors (Lipinski definition) is 5. The SMILES string of the molecule is CNC(C)Cc1noc(CC2CCCOC2)n1. The Hall–Kier alpha value is -0.940. The maximum atomic E-state index is 5.44. The van der Waals surface area contributed by atoms with E-state index in [0.717, 1.165) is 44.2 Å². The van der Waals surface area contributed by atoms with E-state index < -0.39 is 0 Å². The molecular formula is C12H21N3O2. The van der Waals surface area contributed by atoms with Crippen LogP contribution in [0.1, 0.15) is 31.5 Å². The van der Waals surface area contributed by atoms with Gasteiger partial charge >= 0.3 is 0 Å². The highest BCUT2D eigenvalue weighted by molar-refractivity contribution is 4.90. The van der Waals surface area contributed by atoms with Gasteiger partial charge in [-0.1, -0.05) is 5.16 Å². The molecule has 2 atom stereocenters. The Morgan fingerprint density at radius 3 is 3.12 bits per heavy atom. The zero-order valence-corrected chi connectivity index (χ0v) is 10.6. The molecule has 1 N–H and O–H groups in total. The minimum atomic E-state index is 0.374. The molecule has 96 valence electrons. The largest absolute Gasteiger partial charge is 0.381 e. The van der Waals surface area contributed by atoms with Crippen molar-refractivity contribution in [3.8, 4) is 0 Å². The van der Waals surface area contributed by atoms with Crippen LogP contribution < -0.4 is 5.32 Å². The molecule has 2 rings (SSSR count). The Bertz CT molecular complexity index is 334. The van der Waals surface area contributed by atoms with Crippen molar-refractivity contribution < 1.29 is 9.26 Å². The van der Waals surface area contributed by atoms with E-state index >= 15 is 0 Å². The molecule has 2 heterocycles. The van der Waals surface area contributed by atoms with Crippen LogP contribution in [-0.2, 0) is 17.6 Å². The van der Waals surface area contributed by atoms with E-state index in [2.05, 4.69) is 22.4 Å². The molecule has 5 heteroatoms. The number of likely N-dealkylation sites (N-methyl/N-ethyl adjacent to an activating group) is 1. The second-order valence-electron chi connectivity index (χ2n) is 4.79. The van der Waals surface area contributed by atoms with Crippen molar-refractivity contribution in [2.45, 2.75) is 38.6 Å². The Morgan fingerprint density at radius 1 is 1.53 bits per heavy atom. The minimum absolute atomic E-state index is 0.374. The van der Waals surface area contributed by atoms with E-state index in [1.54, 1.807) is 0 Å². The average molecular weight is 239 g/mol. The molecule has 0 spiro atoms. The Morgan fingerprint density at radius 2 is 2.41 bits per heavy atom. The van der Waals surface area contributed by atoms with Gasteiger partial charge in [-0.25, -0.2) is 0 Å². The Balaban J connectivity index is 1.84. The third-order valence-electron chi connectivity index (χ3n) is 3.21. The lowest BCUT2D eigenvalue weighted by Crippen LogP contribution is -2.24. The topological polar surface area (TPSA) is 60.2 Å². The van der Waals surface area contributed by atoms with E-state index in [1.807, 2.05) is 7.05 Å². The number of aromatic nitrogens is 2. The van der Waals surface area contributed by atoms with E-state index in [1.165, 1.54) is 6.42 Å². The number of rotatable bonds is 5. The van der Waals surface area contributed by atoms with Gasteiger partial charge in [-0.05, 0) is 32.7 Å². The van der Waals surface area contributed by atoms with Crippen molar-refractivity contribution in [2.75, 3.05) is 20.3 Å². The highest BCUT2D eigenvalue weighted by Crippen LogP contribution is 2.18. The standard InChI is InChI=1S/C12H21N3O2/c1-9(13-2)6-11-14-12(17-15-11)7-10-4-3-5-16-8-10/h9-10,13H,3-8H2,1-2H3. The van der Waals surface area contributed by atoms with Gasteiger partial charge in [0.1, 0.15) is 0 Å². The van der Waals surface area contributed by atoms with E-state index in [-0.39, 0.29) is 0 Å². The van der Waals surface area contributed by atoms with Crippen LogP contribution in [0.2, 0.25) is 0 Å². The second-order valence-corrected chi connectivity index (χ2v) is 4.79. The molecule has 0 bridgehead atoms. The summed E-state index contributed by atoms with van der Waals surface area (Å²) in [6.07, 6.45) is 4.00. The summed E-state index contributed by atoms with van der Waals surface area (Å²) in [6, 6.07) is 0.374. The summed E-state index contributed by atoms with van der Waals surface area (Å²) in [4.78, 5) is 4.42. The van der Waals surface area contributed by atoms with Crippen molar-refractivity contribution in [1.29, 1.82) is 0 Å². The van der Waals surface area contributed by atoms with Crippen LogP contribution in [0.4, 0.5) is 0 Å². The normalized spacial score (nSPS) is 22.6. The first-order valence-corrected chi connectivity index (χ1v) is 6.34. The average Bonchev–Trinajstić information content (AvgIpc) is 2.77. The van der Waals surface area contributed by atoms with E-state index in [4.69, 9.17) is 9.26 Å². The monoisotopic (exact) mass is 239 g/mol.